The van der Waals surface area contributed by atoms with Crippen molar-refractivity contribution in [3.05, 3.63) is 0 Å². The van der Waals surface area contributed by atoms with Crippen LogP contribution in [0.2, 0.25) is 0 Å². The third-order valence-corrected chi connectivity index (χ3v) is 5.28. The van der Waals surface area contributed by atoms with Gasteiger partial charge in [0.2, 0.25) is 0 Å². The van der Waals surface area contributed by atoms with E-state index in [2.05, 4.69) is 31.1 Å². The molecule has 1 aliphatic heterocycles. The minimum atomic E-state index is 0.223. The third-order valence-electron chi connectivity index (χ3n) is 4.09. The zero-order chi connectivity index (χ0) is 12.5. The van der Waals surface area contributed by atoms with E-state index in [0.29, 0.717) is 17.4 Å². The normalized spacial score (nSPS) is 35.3. The van der Waals surface area contributed by atoms with Crippen molar-refractivity contribution in [3.63, 3.8) is 0 Å². The summed E-state index contributed by atoms with van der Waals surface area (Å²) in [4.78, 5) is 4.60. The molecule has 1 aliphatic carbocycles. The molecule has 1 fully saturated rings. The van der Waals surface area contributed by atoms with Gasteiger partial charge < -0.3 is 10.1 Å². The molecule has 1 heterocycles. The molecule has 2 aliphatic rings. The molecule has 3 unspecified atom stereocenters. The van der Waals surface area contributed by atoms with Gasteiger partial charge in [-0.25, -0.2) is 0 Å². The Bertz CT molecular complexity index is 304. The van der Waals surface area contributed by atoms with Gasteiger partial charge in [-0.15, -0.1) is 0 Å². The molecule has 0 amide bonds. The number of nitrogens with zero attached hydrogens (tertiary/aromatic N) is 1. The minimum absolute atomic E-state index is 0.223. The van der Waals surface area contributed by atoms with Crippen LogP contribution < -0.4 is 5.32 Å². The number of hydrogen-bond acceptors (Lipinski definition) is 4. The monoisotopic (exact) mass is 256 g/mol. The van der Waals surface area contributed by atoms with Gasteiger partial charge in [0.05, 0.1) is 12.6 Å². The number of hydrogen-bond donors (Lipinski definition) is 1. The highest BCUT2D eigenvalue weighted by Crippen LogP contribution is 2.43. The lowest BCUT2D eigenvalue weighted by Gasteiger charge is -2.51. The molecule has 0 aromatic heterocycles. The summed E-state index contributed by atoms with van der Waals surface area (Å²) in [5.74, 6) is 0. The summed E-state index contributed by atoms with van der Waals surface area (Å²) < 4.78 is 5.47. The van der Waals surface area contributed by atoms with E-state index >= 15 is 0 Å². The van der Waals surface area contributed by atoms with E-state index in [1.165, 1.54) is 12.8 Å². The standard InChI is InChI=1S/C13H24N2OS/c1-5-6-9-8-14-12(17-9)15-10-7-11(16-4)13(10,2)3/h9-11H,5-8H2,1-4H3,(H,14,15). The maximum atomic E-state index is 5.47. The van der Waals surface area contributed by atoms with Gasteiger partial charge in [0, 0.05) is 23.8 Å². The molecule has 3 atom stereocenters. The quantitative estimate of drug-likeness (QED) is 0.839. The van der Waals surface area contributed by atoms with Crippen molar-refractivity contribution in [2.75, 3.05) is 13.7 Å². The van der Waals surface area contributed by atoms with Crippen molar-refractivity contribution in [3.8, 4) is 0 Å². The summed E-state index contributed by atoms with van der Waals surface area (Å²) in [6, 6.07) is 0.513. The maximum absolute atomic E-state index is 5.47. The highest BCUT2D eigenvalue weighted by atomic mass is 32.2. The SMILES string of the molecule is CCCC1CN=C(NC2CC(OC)C2(C)C)S1. The summed E-state index contributed by atoms with van der Waals surface area (Å²) in [6.45, 7) is 7.77. The molecule has 1 N–H and O–H groups in total. The summed E-state index contributed by atoms with van der Waals surface area (Å²) >= 11 is 1.92. The van der Waals surface area contributed by atoms with Crippen molar-refractivity contribution in [1.29, 1.82) is 0 Å². The first-order valence-electron chi connectivity index (χ1n) is 6.58. The lowest BCUT2D eigenvalue weighted by atomic mass is 9.64. The molecular formula is C13H24N2OS. The van der Waals surface area contributed by atoms with Gasteiger partial charge in [-0.3, -0.25) is 4.99 Å². The lowest BCUT2D eigenvalue weighted by Crippen LogP contribution is -2.61. The van der Waals surface area contributed by atoms with Gasteiger partial charge in [0.15, 0.2) is 5.17 Å². The highest BCUT2D eigenvalue weighted by molar-refractivity contribution is 8.14. The molecule has 0 bridgehead atoms. The molecule has 98 valence electrons. The fraction of sp³-hybridized carbons (Fsp3) is 0.923. The fourth-order valence-corrected chi connectivity index (χ4v) is 3.83. The van der Waals surface area contributed by atoms with Crippen molar-refractivity contribution < 1.29 is 4.74 Å². The Morgan fingerprint density at radius 1 is 1.53 bits per heavy atom. The van der Waals surface area contributed by atoms with E-state index in [9.17, 15) is 0 Å². The molecule has 2 rings (SSSR count). The Balaban J connectivity index is 1.80. The summed E-state index contributed by atoms with van der Waals surface area (Å²) in [7, 11) is 1.81. The smallest absolute Gasteiger partial charge is 0.157 e. The Morgan fingerprint density at radius 3 is 2.88 bits per heavy atom. The minimum Gasteiger partial charge on any atom is -0.381 e. The van der Waals surface area contributed by atoms with Gasteiger partial charge >= 0.3 is 0 Å². The Morgan fingerprint density at radius 2 is 2.29 bits per heavy atom. The second-order valence-corrected chi connectivity index (χ2v) is 6.94. The van der Waals surface area contributed by atoms with Crippen molar-refractivity contribution in [2.24, 2.45) is 10.4 Å². The maximum Gasteiger partial charge on any atom is 0.157 e. The van der Waals surface area contributed by atoms with Crippen LogP contribution in [-0.4, -0.2) is 36.2 Å². The van der Waals surface area contributed by atoms with Crippen LogP contribution in [0.25, 0.3) is 0 Å². The van der Waals surface area contributed by atoms with Crippen LogP contribution in [0.5, 0.6) is 0 Å². The van der Waals surface area contributed by atoms with Crippen molar-refractivity contribution in [2.45, 2.75) is 57.4 Å². The number of thioether (sulfide) groups is 1. The summed E-state index contributed by atoms with van der Waals surface area (Å²) in [6.07, 6.45) is 4.01. The summed E-state index contributed by atoms with van der Waals surface area (Å²) in [5.41, 5.74) is 0.223. The van der Waals surface area contributed by atoms with Crippen LogP contribution in [0, 0.1) is 5.41 Å². The van der Waals surface area contributed by atoms with Crippen molar-refractivity contribution >= 4 is 16.9 Å². The molecule has 17 heavy (non-hydrogen) atoms. The van der Waals surface area contributed by atoms with Crippen LogP contribution in [0.4, 0.5) is 0 Å². The molecule has 0 aromatic carbocycles. The molecule has 0 radical (unpaired) electrons. The zero-order valence-electron chi connectivity index (χ0n) is 11.3. The second kappa shape index (κ2) is 5.19. The number of rotatable bonds is 4. The van der Waals surface area contributed by atoms with Gasteiger partial charge in [0.25, 0.3) is 0 Å². The van der Waals surface area contributed by atoms with Crippen LogP contribution in [-0.2, 0) is 4.74 Å². The summed E-state index contributed by atoms with van der Waals surface area (Å²) in [5, 5.41) is 5.44. The number of aliphatic imine (C=N–C) groups is 1. The van der Waals surface area contributed by atoms with E-state index in [-0.39, 0.29) is 5.41 Å². The highest BCUT2D eigenvalue weighted by Gasteiger charge is 2.49. The molecular weight excluding hydrogens is 232 g/mol. The molecule has 4 heteroatoms. The van der Waals surface area contributed by atoms with E-state index in [1.807, 2.05) is 18.9 Å². The Kier molecular flexibility index (Phi) is 4.03. The van der Waals surface area contributed by atoms with E-state index in [1.54, 1.807) is 0 Å². The molecule has 0 spiro atoms. The molecule has 1 saturated carbocycles. The van der Waals surface area contributed by atoms with Crippen molar-refractivity contribution in [1.82, 2.24) is 5.32 Å². The van der Waals surface area contributed by atoms with Crippen LogP contribution in [0.1, 0.15) is 40.0 Å². The Labute approximate surface area is 109 Å². The lowest BCUT2D eigenvalue weighted by molar-refractivity contribution is -0.0917. The molecule has 0 aromatic rings. The molecule has 3 nitrogen and oxygen atoms in total. The van der Waals surface area contributed by atoms with E-state index in [4.69, 9.17) is 4.74 Å². The predicted octanol–water partition coefficient (Wildman–Crippen LogP) is 2.66. The number of nitrogens with one attached hydrogen (secondary N) is 1. The van der Waals surface area contributed by atoms with Gasteiger partial charge in [-0.1, -0.05) is 39.0 Å². The van der Waals surface area contributed by atoms with E-state index < -0.39 is 0 Å². The van der Waals surface area contributed by atoms with Crippen LogP contribution in [0.3, 0.4) is 0 Å². The van der Waals surface area contributed by atoms with Gasteiger partial charge in [-0.2, -0.15) is 0 Å². The number of ether oxygens (including phenoxy) is 1. The Hall–Kier alpha value is -0.220. The first-order valence-corrected chi connectivity index (χ1v) is 7.46. The topological polar surface area (TPSA) is 33.6 Å². The molecule has 0 saturated heterocycles. The average Bonchev–Trinajstić information content (AvgIpc) is 2.72. The fourth-order valence-electron chi connectivity index (χ4n) is 2.65. The van der Waals surface area contributed by atoms with Gasteiger partial charge in [-0.05, 0) is 12.8 Å². The average molecular weight is 256 g/mol. The first kappa shape index (κ1) is 13.2. The predicted molar refractivity (Wildman–Crippen MR) is 74.7 cm³/mol. The van der Waals surface area contributed by atoms with E-state index in [0.717, 1.165) is 18.1 Å². The zero-order valence-corrected chi connectivity index (χ0v) is 12.1. The van der Waals surface area contributed by atoms with Crippen LogP contribution in [0.15, 0.2) is 4.99 Å². The number of amidine groups is 1. The van der Waals surface area contributed by atoms with Crippen LogP contribution >= 0.6 is 11.8 Å². The first-order chi connectivity index (χ1) is 8.07. The van der Waals surface area contributed by atoms with Gasteiger partial charge in [0.1, 0.15) is 0 Å². The third kappa shape index (κ3) is 2.63. The largest absolute Gasteiger partial charge is 0.381 e. The number of methoxy groups -OCH3 is 1. The second-order valence-electron chi connectivity index (χ2n) is 5.65.